The summed E-state index contributed by atoms with van der Waals surface area (Å²) in [6.07, 6.45) is -4.92. The molecule has 14 heteroatoms. The molecule has 2 aromatic carbocycles. The van der Waals surface area contributed by atoms with E-state index in [0.717, 1.165) is 27.0 Å². The van der Waals surface area contributed by atoms with Gasteiger partial charge in [-0.2, -0.15) is 8.96 Å². The topological polar surface area (TPSA) is 194 Å². The number of rotatable bonds is 8. The quantitative estimate of drug-likeness (QED) is 0.138. The molecule has 0 saturated heterocycles. The number of hydrogen-bond donors (Lipinski definition) is 4. The number of hydrogen-bond acceptors (Lipinski definition) is 11. The van der Waals surface area contributed by atoms with Gasteiger partial charge in [0.2, 0.25) is 0 Å². The van der Waals surface area contributed by atoms with Gasteiger partial charge in [-0.1, -0.05) is 0 Å². The molecule has 0 aromatic heterocycles. The predicted molar refractivity (Wildman–Crippen MR) is 134 cm³/mol. The van der Waals surface area contributed by atoms with Gasteiger partial charge in [0.25, 0.3) is 11.2 Å². The lowest BCUT2D eigenvalue weighted by Crippen LogP contribution is -2.42. The van der Waals surface area contributed by atoms with Crippen molar-refractivity contribution >= 4 is 28.7 Å². The van der Waals surface area contributed by atoms with Crippen LogP contribution in [0.25, 0.3) is 22.6 Å². The molecular formula is C23H23N5O8S. The largest absolute Gasteiger partial charge is 0.394 e. The number of non-ortho nitro benzene ring substituents is 1. The van der Waals surface area contributed by atoms with E-state index in [4.69, 9.17) is 5.11 Å². The number of aliphatic hydroxyl groups is 4. The zero-order valence-corrected chi connectivity index (χ0v) is 20.5. The Morgan fingerprint density at radius 3 is 2.30 bits per heavy atom. The number of aryl methyl sites for hydroxylation is 2. The third kappa shape index (κ3) is 5.10. The molecular weight excluding hydrogens is 506 g/mol. The third-order valence-electron chi connectivity index (χ3n) is 5.93. The number of aromatic nitrogens is 4. The van der Waals surface area contributed by atoms with Crippen LogP contribution in [0, 0.1) is 24.0 Å². The van der Waals surface area contributed by atoms with Crippen LogP contribution >= 0.6 is 11.9 Å². The zero-order valence-electron chi connectivity index (χ0n) is 19.7. The highest BCUT2D eigenvalue weighted by Gasteiger charge is 2.28. The van der Waals surface area contributed by atoms with Gasteiger partial charge in [-0.3, -0.25) is 14.9 Å². The van der Waals surface area contributed by atoms with Crippen molar-refractivity contribution in [1.29, 1.82) is 0 Å². The molecule has 0 saturated carbocycles. The number of benzene rings is 2. The molecule has 2 aliphatic rings. The second-order valence-corrected chi connectivity index (χ2v) is 9.48. The van der Waals surface area contributed by atoms with Crippen LogP contribution in [0.5, 0.6) is 0 Å². The summed E-state index contributed by atoms with van der Waals surface area (Å²) in [5.74, 6) is -0.143. The monoisotopic (exact) mass is 529 g/mol. The number of nitrogens with zero attached hydrogens (tertiary/aromatic N) is 5. The van der Waals surface area contributed by atoms with Crippen LogP contribution in [0.15, 0.2) is 50.9 Å². The van der Waals surface area contributed by atoms with Gasteiger partial charge in [0.1, 0.15) is 18.3 Å². The Morgan fingerprint density at radius 2 is 1.68 bits per heavy atom. The van der Waals surface area contributed by atoms with Crippen LogP contribution in [-0.2, 0) is 6.54 Å². The average Bonchev–Trinajstić information content (AvgIpc) is 2.87. The van der Waals surface area contributed by atoms with Crippen molar-refractivity contribution in [2.75, 3.05) is 6.61 Å². The number of aliphatic hydroxyl groups excluding tert-OH is 4. The maximum absolute atomic E-state index is 13.4. The lowest BCUT2D eigenvalue weighted by Gasteiger charge is -2.25. The zero-order chi connectivity index (χ0) is 27.0. The minimum Gasteiger partial charge on any atom is -0.394 e. The molecule has 0 unspecified atom stereocenters. The molecule has 4 N–H and O–H groups in total. The first kappa shape index (κ1) is 26.4. The van der Waals surface area contributed by atoms with E-state index in [1.54, 1.807) is 12.1 Å². The fourth-order valence-electron chi connectivity index (χ4n) is 3.74. The summed E-state index contributed by atoms with van der Waals surface area (Å²) in [7, 11) is 0. The highest BCUT2D eigenvalue weighted by atomic mass is 32.2. The standard InChI is InChI=1S/C23H23N5O8S/c1-11-7-15-16(8-12(11)2)26(9-17(30)20(32)18(31)10-29)21-19(24-15)22(33)27(23(34)25-21)37-14-5-3-13(4-6-14)28(35)36/h3-8,17-18,20,29-32H,9-10H2,1-2H3/t17-,18+,20-/m0/s1. The molecule has 3 atom stereocenters. The van der Waals surface area contributed by atoms with Crippen LogP contribution in [-0.4, -0.2) is 68.8 Å². The lowest BCUT2D eigenvalue weighted by molar-refractivity contribution is -0.384. The first-order chi connectivity index (χ1) is 17.5. The van der Waals surface area contributed by atoms with Gasteiger partial charge in [-0.05, 0) is 49.2 Å². The Labute approximate surface area is 212 Å². The summed E-state index contributed by atoms with van der Waals surface area (Å²) >= 11 is 0.726. The molecule has 0 spiro atoms. The van der Waals surface area contributed by atoms with Crippen LogP contribution < -0.4 is 11.2 Å². The second-order valence-electron chi connectivity index (χ2n) is 8.46. The molecule has 0 bridgehead atoms. The first-order valence-electron chi connectivity index (χ1n) is 11.0. The van der Waals surface area contributed by atoms with Crippen molar-refractivity contribution in [1.82, 2.24) is 18.5 Å². The highest BCUT2D eigenvalue weighted by molar-refractivity contribution is 7.97. The van der Waals surface area contributed by atoms with E-state index in [1.165, 1.54) is 28.8 Å². The van der Waals surface area contributed by atoms with Crippen LogP contribution in [0.1, 0.15) is 11.1 Å². The number of nitro groups is 1. The molecule has 37 heavy (non-hydrogen) atoms. The molecule has 0 radical (unpaired) electrons. The van der Waals surface area contributed by atoms with E-state index >= 15 is 0 Å². The van der Waals surface area contributed by atoms with Crippen molar-refractivity contribution in [3.05, 3.63) is 78.5 Å². The second kappa shape index (κ2) is 10.4. The molecule has 4 rings (SSSR count). The van der Waals surface area contributed by atoms with Crippen molar-refractivity contribution in [3.63, 3.8) is 0 Å². The highest BCUT2D eigenvalue weighted by Crippen LogP contribution is 2.26. The minimum atomic E-state index is -1.72. The van der Waals surface area contributed by atoms with Crippen molar-refractivity contribution < 1.29 is 25.3 Å². The molecule has 194 valence electrons. The Kier molecular flexibility index (Phi) is 7.38. The Hall–Kier alpha value is -3.69. The van der Waals surface area contributed by atoms with Crippen molar-refractivity contribution in [2.24, 2.45) is 0 Å². The smallest absolute Gasteiger partial charge is 0.363 e. The van der Waals surface area contributed by atoms with Crippen LogP contribution in [0.2, 0.25) is 0 Å². The maximum atomic E-state index is 13.4. The first-order valence-corrected chi connectivity index (χ1v) is 11.8. The van der Waals surface area contributed by atoms with Gasteiger partial charge in [0, 0.05) is 29.0 Å². The fraction of sp³-hybridized carbons (Fsp3) is 0.304. The van der Waals surface area contributed by atoms with E-state index in [2.05, 4.69) is 9.97 Å². The predicted octanol–water partition coefficient (Wildman–Crippen LogP) is 0.213. The maximum Gasteiger partial charge on any atom is 0.363 e. The molecule has 2 aromatic rings. The van der Waals surface area contributed by atoms with E-state index in [0.29, 0.717) is 15.9 Å². The molecule has 2 heterocycles. The SMILES string of the molecule is Cc1cc2nc3c(=O)n(Sc4ccc([N+](=O)[O-])cc4)c(=O)nc-3n(C[C@H](O)[C@H](O)[C@H](O)CO)c2cc1C. The molecule has 0 amide bonds. The van der Waals surface area contributed by atoms with Gasteiger partial charge in [-0.15, -0.1) is 0 Å². The molecule has 0 fully saturated rings. The number of nitro benzene ring substituents is 1. The average molecular weight is 530 g/mol. The third-order valence-corrected chi connectivity index (χ3v) is 6.92. The van der Waals surface area contributed by atoms with Gasteiger partial charge in [-0.25, -0.2) is 9.78 Å². The summed E-state index contributed by atoms with van der Waals surface area (Å²) in [5.41, 5.74) is 0.449. The summed E-state index contributed by atoms with van der Waals surface area (Å²) in [6, 6.07) is 8.73. The van der Waals surface area contributed by atoms with Gasteiger partial charge < -0.3 is 25.0 Å². The van der Waals surface area contributed by atoms with Gasteiger partial charge in [0.05, 0.1) is 29.1 Å². The molecule has 0 aliphatic carbocycles. The Bertz CT molecular complexity index is 1570. The van der Waals surface area contributed by atoms with E-state index in [-0.39, 0.29) is 23.8 Å². The van der Waals surface area contributed by atoms with Crippen LogP contribution in [0.3, 0.4) is 0 Å². The lowest BCUT2D eigenvalue weighted by atomic mass is 10.1. The summed E-state index contributed by atoms with van der Waals surface area (Å²) in [6.45, 7) is 2.53. The molecule has 13 nitrogen and oxygen atoms in total. The van der Waals surface area contributed by atoms with E-state index in [9.17, 15) is 35.0 Å². The molecule has 2 aliphatic heterocycles. The Morgan fingerprint density at radius 1 is 1.03 bits per heavy atom. The van der Waals surface area contributed by atoms with Gasteiger partial charge >= 0.3 is 5.69 Å². The van der Waals surface area contributed by atoms with Gasteiger partial charge in [0.15, 0.2) is 11.5 Å². The summed E-state index contributed by atoms with van der Waals surface area (Å²) in [5, 5.41) is 50.5. The fourth-order valence-corrected chi connectivity index (χ4v) is 4.50. The van der Waals surface area contributed by atoms with E-state index < -0.39 is 41.1 Å². The minimum absolute atomic E-state index is 0.143. The van der Waals surface area contributed by atoms with E-state index in [1.807, 2.05) is 13.8 Å². The summed E-state index contributed by atoms with van der Waals surface area (Å²) in [4.78, 5) is 45.5. The van der Waals surface area contributed by atoms with Crippen molar-refractivity contribution in [3.8, 4) is 11.5 Å². The van der Waals surface area contributed by atoms with Crippen molar-refractivity contribution in [2.45, 2.75) is 43.6 Å². The normalized spacial score (nSPS) is 14.1. The number of fused-ring (bicyclic) bond motifs is 2. The van der Waals surface area contributed by atoms with Crippen LogP contribution in [0.4, 0.5) is 5.69 Å². The summed E-state index contributed by atoms with van der Waals surface area (Å²) < 4.78 is 2.14. The Balaban J connectivity index is 1.89.